The van der Waals surface area contributed by atoms with Crippen LogP contribution in [0.25, 0.3) is 11.1 Å². The van der Waals surface area contributed by atoms with Crippen molar-refractivity contribution < 1.29 is 22.0 Å². The van der Waals surface area contributed by atoms with E-state index in [0.29, 0.717) is 5.56 Å². The summed E-state index contributed by atoms with van der Waals surface area (Å²) < 4.78 is 64.0. The van der Waals surface area contributed by atoms with Crippen molar-refractivity contribution in [2.45, 2.75) is 19.0 Å². The van der Waals surface area contributed by atoms with Crippen LogP contribution in [0.4, 0.5) is 22.0 Å². The summed E-state index contributed by atoms with van der Waals surface area (Å²) in [7, 11) is 0. The average molecular weight is 321 g/mol. The first-order valence-corrected chi connectivity index (χ1v) is 6.32. The molecule has 0 atom stereocenters. The fourth-order valence-electron chi connectivity index (χ4n) is 1.91. The van der Waals surface area contributed by atoms with Crippen molar-refractivity contribution in [2.75, 3.05) is 0 Å². The Morgan fingerprint density at radius 3 is 2.19 bits per heavy atom. The molecule has 0 N–H and O–H groups in total. The van der Waals surface area contributed by atoms with Gasteiger partial charge in [-0.05, 0) is 30.7 Å². The van der Waals surface area contributed by atoms with E-state index < -0.39 is 17.7 Å². The van der Waals surface area contributed by atoms with Crippen molar-refractivity contribution in [1.29, 1.82) is 0 Å². The van der Waals surface area contributed by atoms with Crippen LogP contribution in [0.5, 0.6) is 0 Å². The molecular formula is C15H10ClF5. The summed E-state index contributed by atoms with van der Waals surface area (Å²) in [4.78, 5) is 0. The smallest absolute Gasteiger partial charge is 0.191 e. The quantitative estimate of drug-likeness (QED) is 0.598. The van der Waals surface area contributed by atoms with Gasteiger partial charge in [-0.1, -0.05) is 41.4 Å². The van der Waals surface area contributed by atoms with E-state index in [2.05, 4.69) is 0 Å². The Morgan fingerprint density at radius 2 is 1.57 bits per heavy atom. The lowest BCUT2D eigenvalue weighted by atomic mass is 9.99. The highest BCUT2D eigenvalue weighted by molar-refractivity contribution is 6.33. The van der Waals surface area contributed by atoms with Gasteiger partial charge in [-0.2, -0.15) is 22.0 Å². The first-order valence-electron chi connectivity index (χ1n) is 5.94. The Bertz CT molecular complexity index is 661. The molecule has 0 saturated carbocycles. The highest BCUT2D eigenvalue weighted by Crippen LogP contribution is 2.44. The molecule has 0 fully saturated rings. The van der Waals surface area contributed by atoms with E-state index in [9.17, 15) is 22.0 Å². The van der Waals surface area contributed by atoms with Crippen LogP contribution < -0.4 is 0 Å². The fourth-order valence-corrected chi connectivity index (χ4v) is 2.13. The average Bonchev–Trinajstić information content (AvgIpc) is 2.40. The Hall–Kier alpha value is -1.62. The zero-order valence-electron chi connectivity index (χ0n) is 10.8. The molecule has 0 saturated heterocycles. The number of halogens is 6. The van der Waals surface area contributed by atoms with E-state index in [1.54, 1.807) is 25.1 Å². The highest BCUT2D eigenvalue weighted by atomic mass is 35.5. The van der Waals surface area contributed by atoms with Gasteiger partial charge in [0.2, 0.25) is 0 Å². The molecule has 2 aromatic rings. The predicted octanol–water partition coefficient (Wildman–Crippen LogP) is 5.97. The Balaban J connectivity index is 2.55. The third-order valence-electron chi connectivity index (χ3n) is 3.01. The fraction of sp³-hybridized carbons (Fsp3) is 0.200. The second kappa shape index (κ2) is 5.30. The summed E-state index contributed by atoms with van der Waals surface area (Å²) >= 11 is 5.98. The second-order valence-corrected chi connectivity index (χ2v) is 5.04. The van der Waals surface area contributed by atoms with Crippen LogP contribution in [0, 0.1) is 6.92 Å². The lowest BCUT2D eigenvalue weighted by Crippen LogP contribution is -2.33. The number of alkyl halides is 5. The van der Waals surface area contributed by atoms with E-state index in [1.165, 1.54) is 6.07 Å². The van der Waals surface area contributed by atoms with E-state index >= 15 is 0 Å². The molecule has 0 spiro atoms. The van der Waals surface area contributed by atoms with Crippen molar-refractivity contribution in [3.05, 3.63) is 58.6 Å². The third-order valence-corrected chi connectivity index (χ3v) is 3.34. The third kappa shape index (κ3) is 3.02. The molecular weight excluding hydrogens is 311 g/mol. The number of rotatable bonds is 2. The van der Waals surface area contributed by atoms with E-state index in [1.807, 2.05) is 0 Å². The van der Waals surface area contributed by atoms with Crippen LogP contribution in [0.3, 0.4) is 0 Å². The number of aryl methyl sites for hydroxylation is 1. The van der Waals surface area contributed by atoms with Crippen molar-refractivity contribution >= 4 is 11.6 Å². The zero-order valence-corrected chi connectivity index (χ0v) is 11.6. The van der Waals surface area contributed by atoms with Gasteiger partial charge in [0.1, 0.15) is 0 Å². The molecule has 0 unspecified atom stereocenters. The van der Waals surface area contributed by atoms with E-state index in [4.69, 9.17) is 11.6 Å². The van der Waals surface area contributed by atoms with Gasteiger partial charge in [0, 0.05) is 16.1 Å². The Kier molecular flexibility index (Phi) is 3.97. The van der Waals surface area contributed by atoms with Gasteiger partial charge in [0.05, 0.1) is 0 Å². The standard InChI is InChI=1S/C15H10ClF5/c1-9-5-6-13(16)12(7-9)10-3-2-4-11(8-10)14(17,18)15(19,20)21/h2-8H,1H3. The Morgan fingerprint density at radius 1 is 0.905 bits per heavy atom. The number of hydrogen-bond acceptors (Lipinski definition) is 0. The van der Waals surface area contributed by atoms with Crippen LogP contribution >= 0.6 is 11.6 Å². The molecule has 6 heteroatoms. The summed E-state index contributed by atoms with van der Waals surface area (Å²) in [5.74, 6) is -4.90. The largest absolute Gasteiger partial charge is 0.458 e. The van der Waals surface area contributed by atoms with Crippen LogP contribution in [0.2, 0.25) is 5.02 Å². The summed E-state index contributed by atoms with van der Waals surface area (Å²) in [6, 6.07) is 9.09. The van der Waals surface area contributed by atoms with Crippen LogP contribution in [0.1, 0.15) is 11.1 Å². The monoisotopic (exact) mass is 320 g/mol. The normalized spacial score (nSPS) is 12.5. The molecule has 0 aromatic heterocycles. The van der Waals surface area contributed by atoms with Gasteiger partial charge in [-0.15, -0.1) is 0 Å². The molecule has 21 heavy (non-hydrogen) atoms. The number of hydrogen-bond donors (Lipinski definition) is 0. The zero-order chi connectivity index (χ0) is 15.8. The van der Waals surface area contributed by atoms with Gasteiger partial charge >= 0.3 is 12.1 Å². The van der Waals surface area contributed by atoms with Crippen molar-refractivity contribution in [2.24, 2.45) is 0 Å². The molecule has 0 aliphatic carbocycles. The molecule has 0 aliphatic heterocycles. The minimum absolute atomic E-state index is 0.213. The molecule has 0 nitrogen and oxygen atoms in total. The topological polar surface area (TPSA) is 0 Å². The van der Waals surface area contributed by atoms with Crippen molar-refractivity contribution in [3.8, 4) is 11.1 Å². The maximum absolute atomic E-state index is 13.4. The molecule has 0 aliphatic rings. The molecule has 0 bridgehead atoms. The minimum Gasteiger partial charge on any atom is -0.191 e. The van der Waals surface area contributed by atoms with Gasteiger partial charge in [-0.3, -0.25) is 0 Å². The lowest BCUT2D eigenvalue weighted by molar-refractivity contribution is -0.289. The van der Waals surface area contributed by atoms with Crippen molar-refractivity contribution in [3.63, 3.8) is 0 Å². The van der Waals surface area contributed by atoms with Gasteiger partial charge in [0.25, 0.3) is 0 Å². The molecule has 2 rings (SSSR count). The highest BCUT2D eigenvalue weighted by Gasteiger charge is 2.58. The van der Waals surface area contributed by atoms with Crippen LogP contribution in [0.15, 0.2) is 42.5 Å². The van der Waals surface area contributed by atoms with Gasteiger partial charge < -0.3 is 0 Å². The van der Waals surface area contributed by atoms with E-state index in [0.717, 1.165) is 23.8 Å². The molecule has 0 amide bonds. The summed E-state index contributed by atoms with van der Waals surface area (Å²) in [5.41, 5.74) is 0.342. The first-order chi connectivity index (χ1) is 9.63. The Labute approximate surface area is 123 Å². The summed E-state index contributed by atoms with van der Waals surface area (Å²) in [6.45, 7) is 1.77. The molecule has 112 valence electrons. The lowest BCUT2D eigenvalue weighted by Gasteiger charge is -2.20. The molecule has 0 heterocycles. The maximum Gasteiger partial charge on any atom is 0.458 e. The maximum atomic E-state index is 13.4. The molecule has 2 aromatic carbocycles. The van der Waals surface area contributed by atoms with E-state index in [-0.39, 0.29) is 10.6 Å². The van der Waals surface area contributed by atoms with Gasteiger partial charge in [0.15, 0.2) is 0 Å². The van der Waals surface area contributed by atoms with Crippen LogP contribution in [-0.2, 0) is 5.92 Å². The minimum atomic E-state index is -5.64. The van der Waals surface area contributed by atoms with Crippen LogP contribution in [-0.4, -0.2) is 6.18 Å². The second-order valence-electron chi connectivity index (χ2n) is 4.64. The summed E-state index contributed by atoms with van der Waals surface area (Å²) in [6.07, 6.45) is -5.64. The summed E-state index contributed by atoms with van der Waals surface area (Å²) in [5, 5.41) is 0.285. The SMILES string of the molecule is Cc1ccc(Cl)c(-c2cccc(C(F)(F)C(F)(F)F)c2)c1. The first kappa shape index (κ1) is 15.8. The van der Waals surface area contributed by atoms with Gasteiger partial charge in [-0.25, -0.2) is 0 Å². The molecule has 0 radical (unpaired) electrons. The van der Waals surface area contributed by atoms with Crippen molar-refractivity contribution in [1.82, 2.24) is 0 Å². The number of benzene rings is 2. The predicted molar refractivity (Wildman–Crippen MR) is 71.6 cm³/mol.